The molecule has 2 heterocycles. The van der Waals surface area contributed by atoms with Gasteiger partial charge in [-0.1, -0.05) is 41.4 Å². The number of aromatic nitrogens is 3. The molecule has 1 aromatic carbocycles. The molecule has 3 aromatic rings. The maximum absolute atomic E-state index is 5.97. The molecule has 0 aliphatic carbocycles. The number of nitrogens with two attached hydrogens (primary N) is 1. The van der Waals surface area contributed by atoms with Crippen LogP contribution in [0.5, 0.6) is 0 Å². The van der Waals surface area contributed by atoms with E-state index in [4.69, 9.17) is 17.3 Å². The van der Waals surface area contributed by atoms with E-state index < -0.39 is 0 Å². The second kappa shape index (κ2) is 5.13. The van der Waals surface area contributed by atoms with Gasteiger partial charge in [0.2, 0.25) is 5.95 Å². The molecule has 2 N–H and O–H groups in total. The topological polar surface area (TPSA) is 56.7 Å². The molecule has 4 nitrogen and oxygen atoms in total. The summed E-state index contributed by atoms with van der Waals surface area (Å²) < 4.78 is 1.92. The molecule has 20 heavy (non-hydrogen) atoms. The highest BCUT2D eigenvalue weighted by Crippen LogP contribution is 2.19. The van der Waals surface area contributed by atoms with Crippen LogP contribution >= 0.6 is 11.6 Å². The van der Waals surface area contributed by atoms with E-state index in [0.29, 0.717) is 11.0 Å². The maximum atomic E-state index is 5.97. The van der Waals surface area contributed by atoms with Crippen LogP contribution in [0.4, 0.5) is 5.95 Å². The molecule has 0 spiro atoms. The van der Waals surface area contributed by atoms with Crippen molar-refractivity contribution in [3.8, 4) is 0 Å². The minimum absolute atomic E-state index is 0.474. The predicted molar refractivity (Wildman–Crippen MR) is 81.8 cm³/mol. The zero-order valence-electron chi connectivity index (χ0n) is 11.2. The molecule has 0 radical (unpaired) electrons. The van der Waals surface area contributed by atoms with Crippen molar-refractivity contribution < 1.29 is 0 Å². The highest BCUT2D eigenvalue weighted by atomic mass is 35.5. The standard InChI is InChI=1S/C15H15ClN4/c1-10-3-2-4-11(7-10)5-6-20-14-13(19-15(20)17)8-12(16)9-18-14/h2-4,7-9H,5-6H2,1H3,(H2,17,19). The lowest BCUT2D eigenvalue weighted by molar-refractivity contribution is 0.719. The number of pyridine rings is 1. The largest absolute Gasteiger partial charge is 0.369 e. The van der Waals surface area contributed by atoms with E-state index in [2.05, 4.69) is 41.2 Å². The van der Waals surface area contributed by atoms with Crippen molar-refractivity contribution in [3.63, 3.8) is 0 Å². The minimum Gasteiger partial charge on any atom is -0.369 e. The Morgan fingerprint density at radius 2 is 2.15 bits per heavy atom. The van der Waals surface area contributed by atoms with E-state index in [-0.39, 0.29) is 0 Å². The monoisotopic (exact) mass is 286 g/mol. The number of halogens is 1. The van der Waals surface area contributed by atoms with Gasteiger partial charge < -0.3 is 5.73 Å². The fourth-order valence-electron chi connectivity index (χ4n) is 2.33. The minimum atomic E-state index is 0.474. The Morgan fingerprint density at radius 1 is 1.30 bits per heavy atom. The first-order valence-electron chi connectivity index (χ1n) is 6.46. The number of aryl methyl sites for hydroxylation is 3. The molecule has 5 heteroatoms. The van der Waals surface area contributed by atoms with Crippen molar-refractivity contribution in [2.45, 2.75) is 19.9 Å². The van der Waals surface area contributed by atoms with E-state index in [0.717, 1.165) is 24.1 Å². The van der Waals surface area contributed by atoms with Crippen LogP contribution in [-0.2, 0) is 13.0 Å². The van der Waals surface area contributed by atoms with E-state index in [1.165, 1.54) is 11.1 Å². The van der Waals surface area contributed by atoms with E-state index >= 15 is 0 Å². The lowest BCUT2D eigenvalue weighted by atomic mass is 10.1. The maximum Gasteiger partial charge on any atom is 0.202 e. The number of fused-ring (bicyclic) bond motifs is 1. The summed E-state index contributed by atoms with van der Waals surface area (Å²) >= 11 is 5.92. The quantitative estimate of drug-likeness (QED) is 0.804. The molecule has 0 saturated carbocycles. The summed E-state index contributed by atoms with van der Waals surface area (Å²) in [4.78, 5) is 8.62. The number of anilines is 1. The summed E-state index contributed by atoms with van der Waals surface area (Å²) in [6.45, 7) is 2.84. The van der Waals surface area contributed by atoms with Gasteiger partial charge in [0.05, 0.1) is 5.02 Å². The fourth-order valence-corrected chi connectivity index (χ4v) is 2.49. The molecule has 0 aliphatic heterocycles. The van der Waals surface area contributed by atoms with Crippen LogP contribution in [0.2, 0.25) is 5.02 Å². The lowest BCUT2D eigenvalue weighted by Crippen LogP contribution is -2.06. The molecule has 3 rings (SSSR count). The second-order valence-electron chi connectivity index (χ2n) is 4.86. The summed E-state index contributed by atoms with van der Waals surface area (Å²) in [5.74, 6) is 0.474. The molecule has 2 aromatic heterocycles. The molecule has 0 unspecified atom stereocenters. The Kier molecular flexibility index (Phi) is 3.32. The summed E-state index contributed by atoms with van der Waals surface area (Å²) in [5.41, 5.74) is 10.0. The van der Waals surface area contributed by atoms with E-state index in [1.54, 1.807) is 12.3 Å². The van der Waals surface area contributed by atoms with Crippen LogP contribution in [0.3, 0.4) is 0 Å². The molecule has 0 saturated heterocycles. The Labute approximate surface area is 122 Å². The van der Waals surface area contributed by atoms with Crippen molar-refractivity contribution in [2.75, 3.05) is 5.73 Å². The summed E-state index contributed by atoms with van der Waals surface area (Å²) in [7, 11) is 0. The van der Waals surface area contributed by atoms with Crippen LogP contribution in [-0.4, -0.2) is 14.5 Å². The van der Waals surface area contributed by atoms with Crippen molar-refractivity contribution in [1.82, 2.24) is 14.5 Å². The average Bonchev–Trinajstić information content (AvgIpc) is 2.71. The van der Waals surface area contributed by atoms with Crippen LogP contribution < -0.4 is 5.73 Å². The predicted octanol–water partition coefficient (Wildman–Crippen LogP) is 3.22. The number of rotatable bonds is 3. The third kappa shape index (κ3) is 2.47. The number of benzene rings is 1. The molecule has 0 aliphatic rings. The highest BCUT2D eigenvalue weighted by Gasteiger charge is 2.09. The molecule has 0 atom stereocenters. The zero-order valence-corrected chi connectivity index (χ0v) is 11.9. The Morgan fingerprint density at radius 3 is 2.95 bits per heavy atom. The summed E-state index contributed by atoms with van der Waals surface area (Å²) in [5, 5.41) is 0.570. The van der Waals surface area contributed by atoms with Crippen LogP contribution in [0.25, 0.3) is 11.2 Å². The van der Waals surface area contributed by atoms with Crippen LogP contribution in [0.15, 0.2) is 36.5 Å². The van der Waals surface area contributed by atoms with Gasteiger partial charge >= 0.3 is 0 Å². The zero-order chi connectivity index (χ0) is 14.1. The number of hydrogen-bond donors (Lipinski definition) is 1. The Bertz CT molecular complexity index is 764. The van der Waals surface area contributed by atoms with E-state index in [9.17, 15) is 0 Å². The first-order valence-corrected chi connectivity index (χ1v) is 6.84. The molecule has 0 amide bonds. The van der Waals surface area contributed by atoms with Gasteiger partial charge in [0.25, 0.3) is 0 Å². The van der Waals surface area contributed by atoms with Crippen molar-refractivity contribution in [2.24, 2.45) is 0 Å². The lowest BCUT2D eigenvalue weighted by Gasteiger charge is -2.06. The summed E-state index contributed by atoms with van der Waals surface area (Å²) in [6.07, 6.45) is 2.51. The third-order valence-corrected chi connectivity index (χ3v) is 3.49. The Balaban J connectivity index is 1.89. The highest BCUT2D eigenvalue weighted by molar-refractivity contribution is 6.31. The first-order chi connectivity index (χ1) is 9.63. The van der Waals surface area contributed by atoms with Gasteiger partial charge in [-0.05, 0) is 25.0 Å². The van der Waals surface area contributed by atoms with Gasteiger partial charge in [0.1, 0.15) is 5.52 Å². The van der Waals surface area contributed by atoms with Crippen molar-refractivity contribution in [1.29, 1.82) is 0 Å². The molecular formula is C15H15ClN4. The summed E-state index contributed by atoms with van der Waals surface area (Å²) in [6, 6.07) is 10.2. The van der Waals surface area contributed by atoms with Gasteiger partial charge in [0, 0.05) is 12.7 Å². The fraction of sp³-hybridized carbons (Fsp3) is 0.200. The number of nitrogen functional groups attached to an aromatic ring is 1. The van der Waals surface area contributed by atoms with E-state index in [1.807, 2.05) is 4.57 Å². The smallest absolute Gasteiger partial charge is 0.202 e. The normalized spacial score (nSPS) is 11.1. The number of hydrogen-bond acceptors (Lipinski definition) is 3. The first kappa shape index (κ1) is 12.9. The van der Waals surface area contributed by atoms with Gasteiger partial charge in [-0.25, -0.2) is 9.97 Å². The van der Waals surface area contributed by atoms with Crippen LogP contribution in [0, 0.1) is 6.92 Å². The van der Waals surface area contributed by atoms with Crippen molar-refractivity contribution >= 4 is 28.7 Å². The van der Waals surface area contributed by atoms with Crippen molar-refractivity contribution in [3.05, 3.63) is 52.7 Å². The second-order valence-corrected chi connectivity index (χ2v) is 5.29. The molecule has 102 valence electrons. The molecule has 0 fully saturated rings. The Hall–Kier alpha value is -2.07. The van der Waals surface area contributed by atoms with Crippen LogP contribution in [0.1, 0.15) is 11.1 Å². The number of nitrogens with zero attached hydrogens (tertiary/aromatic N) is 3. The van der Waals surface area contributed by atoms with Gasteiger partial charge in [0.15, 0.2) is 5.65 Å². The molecular weight excluding hydrogens is 272 g/mol. The van der Waals surface area contributed by atoms with Gasteiger partial charge in [-0.3, -0.25) is 4.57 Å². The molecule has 0 bridgehead atoms. The number of imidazole rings is 1. The van der Waals surface area contributed by atoms with Gasteiger partial charge in [-0.15, -0.1) is 0 Å². The SMILES string of the molecule is Cc1cccc(CCn2c(N)nc3cc(Cl)cnc32)c1. The third-order valence-electron chi connectivity index (χ3n) is 3.29. The average molecular weight is 287 g/mol. The van der Waals surface area contributed by atoms with Gasteiger partial charge in [-0.2, -0.15) is 0 Å².